The molecule has 1 N–H and O–H groups in total. The number of halogens is 3. The first-order valence-electron chi connectivity index (χ1n) is 7.05. The van der Waals surface area contributed by atoms with Crippen LogP contribution in [0.3, 0.4) is 0 Å². The average molecular weight is 370 g/mol. The molecule has 126 valence electrons. The molecule has 7 heteroatoms. The van der Waals surface area contributed by atoms with Crippen LogP contribution in [-0.4, -0.2) is 17.9 Å². The molecule has 24 heavy (non-hydrogen) atoms. The molecule has 0 saturated heterocycles. The lowest BCUT2D eigenvalue weighted by molar-refractivity contribution is -0.146. The Balaban J connectivity index is 1.95. The highest BCUT2D eigenvalue weighted by atomic mass is 35.5. The van der Waals surface area contributed by atoms with Crippen molar-refractivity contribution in [1.82, 2.24) is 5.32 Å². The maximum atomic E-state index is 13.6. The van der Waals surface area contributed by atoms with Gasteiger partial charge in [-0.2, -0.15) is 0 Å². The number of nitrogens with one attached hydrogen (secondary N) is 1. The number of benzene rings is 2. The topological polar surface area (TPSA) is 55.4 Å². The molecule has 1 amide bonds. The third kappa shape index (κ3) is 4.46. The van der Waals surface area contributed by atoms with Crippen LogP contribution in [0.4, 0.5) is 4.39 Å². The molecule has 0 unspecified atom stereocenters. The third-order valence-electron chi connectivity index (χ3n) is 3.24. The summed E-state index contributed by atoms with van der Waals surface area (Å²) >= 11 is 11.8. The highest BCUT2D eigenvalue weighted by Gasteiger charge is 2.20. The van der Waals surface area contributed by atoms with Gasteiger partial charge in [-0.25, -0.2) is 9.18 Å². The Labute approximate surface area is 148 Å². The van der Waals surface area contributed by atoms with Crippen molar-refractivity contribution in [1.29, 1.82) is 0 Å². The summed E-state index contributed by atoms with van der Waals surface area (Å²) in [6.45, 7) is 1.14. The predicted octanol–water partition coefficient (Wildman–Crippen LogP) is 3.99. The molecule has 0 heterocycles. The Kier molecular flexibility index (Phi) is 6.17. The minimum Gasteiger partial charge on any atom is -0.459 e. The summed E-state index contributed by atoms with van der Waals surface area (Å²) in [4.78, 5) is 24.0. The fourth-order valence-electron chi connectivity index (χ4n) is 1.92. The molecular formula is C17H14Cl2FNO3. The number of hydrogen-bond acceptors (Lipinski definition) is 3. The Hall–Kier alpha value is -2.11. The van der Waals surface area contributed by atoms with Crippen molar-refractivity contribution in [3.8, 4) is 0 Å². The standard InChI is InChI=1S/C17H14Cl2FNO3/c1-10(21-16(22)11-5-2-3-6-13(11)18)17(23)24-9-12-14(19)7-4-8-15(12)20/h2-8,10H,9H2,1H3,(H,21,22)/t10-/m0/s1. The van der Waals surface area contributed by atoms with Gasteiger partial charge in [0.2, 0.25) is 0 Å². The summed E-state index contributed by atoms with van der Waals surface area (Å²) in [5, 5.41) is 2.91. The van der Waals surface area contributed by atoms with Gasteiger partial charge in [0.1, 0.15) is 18.5 Å². The number of carbonyl (C=O) groups is 2. The second-order valence-corrected chi connectivity index (χ2v) is 5.80. The number of carbonyl (C=O) groups excluding carboxylic acids is 2. The number of rotatable bonds is 5. The van der Waals surface area contributed by atoms with Crippen LogP contribution in [0.25, 0.3) is 0 Å². The lowest BCUT2D eigenvalue weighted by atomic mass is 10.2. The number of hydrogen-bond donors (Lipinski definition) is 1. The molecule has 4 nitrogen and oxygen atoms in total. The fourth-order valence-corrected chi connectivity index (χ4v) is 2.36. The van der Waals surface area contributed by atoms with Gasteiger partial charge >= 0.3 is 5.97 Å². The van der Waals surface area contributed by atoms with Crippen LogP contribution in [0.1, 0.15) is 22.8 Å². The average Bonchev–Trinajstić information content (AvgIpc) is 2.54. The number of esters is 1. The Morgan fingerprint density at radius 1 is 1.12 bits per heavy atom. The molecular weight excluding hydrogens is 356 g/mol. The van der Waals surface area contributed by atoms with Crippen molar-refractivity contribution in [2.24, 2.45) is 0 Å². The van der Waals surface area contributed by atoms with Crippen molar-refractivity contribution in [3.63, 3.8) is 0 Å². The molecule has 0 aliphatic carbocycles. The predicted molar refractivity (Wildman–Crippen MR) is 89.6 cm³/mol. The summed E-state index contributed by atoms with van der Waals surface area (Å²) in [6.07, 6.45) is 0. The van der Waals surface area contributed by atoms with Crippen molar-refractivity contribution < 1.29 is 18.7 Å². The second kappa shape index (κ2) is 8.13. The highest BCUT2D eigenvalue weighted by molar-refractivity contribution is 6.33. The Morgan fingerprint density at radius 3 is 2.46 bits per heavy atom. The fraction of sp³-hybridized carbons (Fsp3) is 0.176. The van der Waals surface area contributed by atoms with E-state index >= 15 is 0 Å². The zero-order valence-corrected chi connectivity index (χ0v) is 14.2. The minimum atomic E-state index is -0.931. The third-order valence-corrected chi connectivity index (χ3v) is 3.92. The second-order valence-electron chi connectivity index (χ2n) is 4.98. The van der Waals surface area contributed by atoms with Crippen molar-refractivity contribution in [3.05, 3.63) is 69.5 Å². The van der Waals surface area contributed by atoms with E-state index in [-0.39, 0.29) is 27.8 Å². The summed E-state index contributed by atoms with van der Waals surface area (Å²) in [5.41, 5.74) is 0.327. The molecule has 0 spiro atoms. The molecule has 0 fully saturated rings. The summed E-state index contributed by atoms with van der Waals surface area (Å²) < 4.78 is 18.6. The largest absolute Gasteiger partial charge is 0.459 e. The molecule has 0 aliphatic heterocycles. The van der Waals surface area contributed by atoms with Crippen molar-refractivity contribution >= 4 is 35.1 Å². The van der Waals surface area contributed by atoms with Crippen LogP contribution >= 0.6 is 23.2 Å². The normalized spacial score (nSPS) is 11.7. The summed E-state index contributed by atoms with van der Waals surface area (Å²) in [6, 6.07) is 9.69. The van der Waals surface area contributed by atoms with E-state index in [4.69, 9.17) is 27.9 Å². The smallest absolute Gasteiger partial charge is 0.328 e. The minimum absolute atomic E-state index is 0.0807. The van der Waals surface area contributed by atoms with Gasteiger partial charge in [0.15, 0.2) is 0 Å². The first-order chi connectivity index (χ1) is 11.4. The molecule has 2 aromatic rings. The summed E-state index contributed by atoms with van der Waals surface area (Å²) in [7, 11) is 0. The van der Waals surface area contributed by atoms with Gasteiger partial charge in [-0.3, -0.25) is 4.79 Å². The maximum absolute atomic E-state index is 13.6. The number of ether oxygens (including phenoxy) is 1. The van der Waals surface area contributed by atoms with E-state index in [2.05, 4.69) is 5.32 Å². The van der Waals surface area contributed by atoms with Crippen molar-refractivity contribution in [2.75, 3.05) is 0 Å². The van der Waals surface area contributed by atoms with Crippen LogP contribution in [-0.2, 0) is 16.1 Å². The van der Waals surface area contributed by atoms with Crippen molar-refractivity contribution in [2.45, 2.75) is 19.6 Å². The Morgan fingerprint density at radius 2 is 1.79 bits per heavy atom. The van der Waals surface area contributed by atoms with E-state index in [1.54, 1.807) is 18.2 Å². The quantitative estimate of drug-likeness (QED) is 0.810. The zero-order valence-electron chi connectivity index (χ0n) is 12.7. The van der Waals surface area contributed by atoms with Crippen LogP contribution in [0.15, 0.2) is 42.5 Å². The molecule has 0 aromatic heterocycles. The van der Waals surface area contributed by atoms with E-state index in [1.165, 1.54) is 31.2 Å². The lowest BCUT2D eigenvalue weighted by Crippen LogP contribution is -2.39. The first-order valence-corrected chi connectivity index (χ1v) is 7.80. The molecule has 1 atom stereocenters. The van der Waals surface area contributed by atoms with Gasteiger partial charge in [-0.1, -0.05) is 41.4 Å². The summed E-state index contributed by atoms with van der Waals surface area (Å²) in [5.74, 6) is -1.79. The molecule has 0 saturated carbocycles. The molecule has 2 aromatic carbocycles. The Bertz CT molecular complexity index is 747. The highest BCUT2D eigenvalue weighted by Crippen LogP contribution is 2.20. The molecule has 0 aliphatic rings. The monoisotopic (exact) mass is 369 g/mol. The van der Waals surface area contributed by atoms with E-state index in [0.717, 1.165) is 0 Å². The van der Waals surface area contributed by atoms with Crippen LogP contribution < -0.4 is 5.32 Å². The van der Waals surface area contributed by atoms with E-state index in [1.807, 2.05) is 0 Å². The van der Waals surface area contributed by atoms with E-state index in [0.29, 0.717) is 0 Å². The van der Waals surface area contributed by atoms with Gasteiger partial charge in [-0.15, -0.1) is 0 Å². The van der Waals surface area contributed by atoms with Gasteiger partial charge in [-0.05, 0) is 31.2 Å². The molecule has 0 bridgehead atoms. The van der Waals surface area contributed by atoms with Gasteiger partial charge in [0, 0.05) is 5.56 Å². The van der Waals surface area contributed by atoms with Crippen LogP contribution in [0, 0.1) is 5.82 Å². The van der Waals surface area contributed by atoms with Gasteiger partial charge in [0.05, 0.1) is 15.6 Å². The molecule has 2 rings (SSSR count). The lowest BCUT2D eigenvalue weighted by Gasteiger charge is -2.14. The van der Waals surface area contributed by atoms with Crippen LogP contribution in [0.5, 0.6) is 0 Å². The van der Waals surface area contributed by atoms with Crippen LogP contribution in [0.2, 0.25) is 10.0 Å². The maximum Gasteiger partial charge on any atom is 0.328 e. The van der Waals surface area contributed by atoms with Gasteiger partial charge < -0.3 is 10.1 Å². The zero-order chi connectivity index (χ0) is 17.7. The SMILES string of the molecule is C[C@H](NC(=O)c1ccccc1Cl)C(=O)OCc1c(F)cccc1Cl. The van der Waals surface area contributed by atoms with E-state index in [9.17, 15) is 14.0 Å². The first kappa shape index (κ1) is 18.2. The van der Waals surface area contributed by atoms with E-state index < -0.39 is 23.7 Å². The number of amides is 1. The molecule has 0 radical (unpaired) electrons. The van der Waals surface area contributed by atoms with Gasteiger partial charge in [0.25, 0.3) is 5.91 Å².